The standard InChI is InChI=1S/C18H18ClN3O2S/c19-17-5-3-4-15(12-20)18(17)21-13-14-6-8-16(9-7-14)25(23,24)22-10-1-2-11-22/h3-9,21H,1-2,10-11,13H2. The smallest absolute Gasteiger partial charge is 0.243 e. The van der Waals surface area contributed by atoms with Gasteiger partial charge in [-0.15, -0.1) is 0 Å². The fraction of sp³-hybridized carbons (Fsp3) is 0.278. The Morgan fingerprint density at radius 1 is 1.12 bits per heavy atom. The number of sulfonamides is 1. The van der Waals surface area contributed by atoms with Crippen LogP contribution in [0.4, 0.5) is 5.69 Å². The molecule has 1 N–H and O–H groups in total. The normalized spacial score (nSPS) is 15.0. The Morgan fingerprint density at radius 2 is 1.80 bits per heavy atom. The molecule has 0 radical (unpaired) electrons. The summed E-state index contributed by atoms with van der Waals surface area (Å²) in [6.07, 6.45) is 1.83. The zero-order valence-electron chi connectivity index (χ0n) is 13.6. The number of benzene rings is 2. The molecule has 130 valence electrons. The lowest BCUT2D eigenvalue weighted by Gasteiger charge is -2.16. The molecule has 0 unspecified atom stereocenters. The number of para-hydroxylation sites is 1. The minimum absolute atomic E-state index is 0.314. The molecule has 2 aromatic carbocycles. The molecule has 0 amide bonds. The average Bonchev–Trinajstić information content (AvgIpc) is 3.16. The first-order valence-corrected chi connectivity index (χ1v) is 9.86. The molecule has 0 aromatic heterocycles. The third kappa shape index (κ3) is 3.79. The van der Waals surface area contributed by atoms with Crippen LogP contribution in [0, 0.1) is 11.3 Å². The van der Waals surface area contributed by atoms with Crippen LogP contribution in [0.5, 0.6) is 0 Å². The van der Waals surface area contributed by atoms with Crippen molar-refractivity contribution in [2.45, 2.75) is 24.3 Å². The number of nitriles is 1. The van der Waals surface area contributed by atoms with Crippen molar-refractivity contribution < 1.29 is 8.42 Å². The number of nitrogens with zero attached hydrogens (tertiary/aromatic N) is 2. The van der Waals surface area contributed by atoms with Crippen LogP contribution < -0.4 is 5.32 Å². The van der Waals surface area contributed by atoms with Gasteiger partial charge < -0.3 is 5.32 Å². The molecule has 7 heteroatoms. The highest BCUT2D eigenvalue weighted by Crippen LogP contribution is 2.26. The van der Waals surface area contributed by atoms with Crippen LogP contribution in [-0.2, 0) is 16.6 Å². The maximum Gasteiger partial charge on any atom is 0.243 e. The molecule has 0 aliphatic carbocycles. The van der Waals surface area contributed by atoms with Crippen molar-refractivity contribution in [3.63, 3.8) is 0 Å². The third-order valence-corrected chi connectivity index (χ3v) is 6.46. The minimum atomic E-state index is -3.39. The largest absolute Gasteiger partial charge is 0.379 e. The minimum Gasteiger partial charge on any atom is -0.379 e. The van der Waals surface area contributed by atoms with E-state index in [1.807, 2.05) is 0 Å². The van der Waals surface area contributed by atoms with Crippen LogP contribution in [-0.4, -0.2) is 25.8 Å². The Balaban J connectivity index is 1.73. The van der Waals surface area contributed by atoms with Crippen molar-refractivity contribution in [2.75, 3.05) is 18.4 Å². The van der Waals surface area contributed by atoms with Crippen molar-refractivity contribution in [3.8, 4) is 6.07 Å². The maximum atomic E-state index is 12.5. The van der Waals surface area contributed by atoms with E-state index in [0.29, 0.717) is 40.8 Å². The quantitative estimate of drug-likeness (QED) is 0.866. The highest BCUT2D eigenvalue weighted by Gasteiger charge is 2.26. The molecule has 0 saturated carbocycles. The summed E-state index contributed by atoms with van der Waals surface area (Å²) in [6.45, 7) is 1.63. The second kappa shape index (κ2) is 7.44. The van der Waals surface area contributed by atoms with Gasteiger partial charge in [0, 0.05) is 19.6 Å². The maximum absolute atomic E-state index is 12.5. The first kappa shape index (κ1) is 17.7. The molecule has 1 saturated heterocycles. The van der Waals surface area contributed by atoms with Crippen LogP contribution in [0.15, 0.2) is 47.4 Å². The predicted molar refractivity (Wildman–Crippen MR) is 97.9 cm³/mol. The van der Waals surface area contributed by atoms with E-state index in [1.165, 1.54) is 4.31 Å². The van der Waals surface area contributed by atoms with Gasteiger partial charge in [-0.05, 0) is 42.7 Å². The Hall–Kier alpha value is -2.07. The molecule has 25 heavy (non-hydrogen) atoms. The van der Waals surface area contributed by atoms with Gasteiger partial charge in [0.05, 0.1) is 21.2 Å². The SMILES string of the molecule is N#Cc1cccc(Cl)c1NCc1ccc(S(=O)(=O)N2CCCC2)cc1. The molecule has 0 atom stereocenters. The van der Waals surface area contributed by atoms with Gasteiger partial charge >= 0.3 is 0 Å². The van der Waals surface area contributed by atoms with E-state index in [0.717, 1.165) is 18.4 Å². The van der Waals surface area contributed by atoms with Crippen LogP contribution in [0.2, 0.25) is 5.02 Å². The molecule has 2 aromatic rings. The van der Waals surface area contributed by atoms with Gasteiger partial charge in [0.1, 0.15) is 6.07 Å². The summed E-state index contributed by atoms with van der Waals surface area (Å²) in [4.78, 5) is 0.314. The van der Waals surface area contributed by atoms with Crippen molar-refractivity contribution in [3.05, 3.63) is 58.6 Å². The lowest BCUT2D eigenvalue weighted by Crippen LogP contribution is -2.27. The Morgan fingerprint density at radius 3 is 2.44 bits per heavy atom. The topological polar surface area (TPSA) is 73.2 Å². The molecule has 1 heterocycles. The predicted octanol–water partition coefficient (Wildman–Crippen LogP) is 3.61. The highest BCUT2D eigenvalue weighted by atomic mass is 35.5. The average molecular weight is 376 g/mol. The van der Waals surface area contributed by atoms with Gasteiger partial charge in [-0.1, -0.05) is 29.8 Å². The van der Waals surface area contributed by atoms with Crippen LogP contribution in [0.3, 0.4) is 0 Å². The first-order valence-electron chi connectivity index (χ1n) is 8.04. The Labute approximate surface area is 152 Å². The highest BCUT2D eigenvalue weighted by molar-refractivity contribution is 7.89. The molecule has 1 fully saturated rings. The van der Waals surface area contributed by atoms with Crippen molar-refractivity contribution in [1.29, 1.82) is 5.26 Å². The summed E-state index contributed by atoms with van der Waals surface area (Å²) in [5.41, 5.74) is 1.96. The fourth-order valence-electron chi connectivity index (χ4n) is 2.84. The molecular formula is C18H18ClN3O2S. The van der Waals surface area contributed by atoms with E-state index in [-0.39, 0.29) is 0 Å². The van der Waals surface area contributed by atoms with Gasteiger partial charge in [-0.25, -0.2) is 8.42 Å². The van der Waals surface area contributed by atoms with E-state index in [9.17, 15) is 8.42 Å². The van der Waals surface area contributed by atoms with Crippen molar-refractivity contribution in [1.82, 2.24) is 4.31 Å². The van der Waals surface area contributed by atoms with Crippen LogP contribution in [0.25, 0.3) is 0 Å². The molecule has 1 aliphatic heterocycles. The lowest BCUT2D eigenvalue weighted by atomic mass is 10.1. The summed E-state index contributed by atoms with van der Waals surface area (Å²) in [5, 5.41) is 12.8. The molecule has 0 spiro atoms. The molecule has 3 rings (SSSR count). The van der Waals surface area contributed by atoms with E-state index >= 15 is 0 Å². The van der Waals surface area contributed by atoms with Gasteiger partial charge in [-0.3, -0.25) is 0 Å². The zero-order chi connectivity index (χ0) is 17.9. The number of anilines is 1. The van der Waals surface area contributed by atoms with Gasteiger partial charge in [-0.2, -0.15) is 9.57 Å². The van der Waals surface area contributed by atoms with E-state index < -0.39 is 10.0 Å². The van der Waals surface area contributed by atoms with E-state index in [2.05, 4.69) is 11.4 Å². The second-order valence-electron chi connectivity index (χ2n) is 5.88. The molecule has 1 aliphatic rings. The number of hydrogen-bond acceptors (Lipinski definition) is 4. The summed E-state index contributed by atoms with van der Waals surface area (Å²) in [5.74, 6) is 0. The lowest BCUT2D eigenvalue weighted by molar-refractivity contribution is 0.477. The number of rotatable bonds is 5. The zero-order valence-corrected chi connectivity index (χ0v) is 15.1. The van der Waals surface area contributed by atoms with Crippen LogP contribution >= 0.6 is 11.6 Å². The monoisotopic (exact) mass is 375 g/mol. The van der Waals surface area contributed by atoms with Crippen molar-refractivity contribution >= 4 is 27.3 Å². The second-order valence-corrected chi connectivity index (χ2v) is 8.23. The number of hydrogen-bond donors (Lipinski definition) is 1. The summed E-state index contributed by atoms with van der Waals surface area (Å²) < 4.78 is 26.6. The third-order valence-electron chi connectivity index (χ3n) is 4.23. The summed E-state index contributed by atoms with van der Waals surface area (Å²) in [6, 6.07) is 14.0. The molecular weight excluding hydrogens is 358 g/mol. The number of halogens is 1. The summed E-state index contributed by atoms with van der Waals surface area (Å²) >= 11 is 6.13. The van der Waals surface area contributed by atoms with Gasteiger partial charge in [0.25, 0.3) is 0 Å². The Kier molecular flexibility index (Phi) is 5.28. The summed E-state index contributed by atoms with van der Waals surface area (Å²) in [7, 11) is -3.39. The molecule has 5 nitrogen and oxygen atoms in total. The fourth-order valence-corrected chi connectivity index (χ4v) is 4.60. The van der Waals surface area contributed by atoms with Crippen molar-refractivity contribution in [2.24, 2.45) is 0 Å². The first-order chi connectivity index (χ1) is 12.0. The van der Waals surface area contributed by atoms with E-state index in [1.54, 1.807) is 42.5 Å². The van der Waals surface area contributed by atoms with Crippen LogP contribution in [0.1, 0.15) is 24.0 Å². The van der Waals surface area contributed by atoms with Gasteiger partial charge in [0.15, 0.2) is 0 Å². The van der Waals surface area contributed by atoms with E-state index in [4.69, 9.17) is 16.9 Å². The number of nitrogens with one attached hydrogen (secondary N) is 1. The Bertz CT molecular complexity index is 899. The molecule has 0 bridgehead atoms. The van der Waals surface area contributed by atoms with Gasteiger partial charge in [0.2, 0.25) is 10.0 Å².